The lowest BCUT2D eigenvalue weighted by Gasteiger charge is -2.17. The third kappa shape index (κ3) is 4.00. The molecule has 1 rings (SSSR count). The van der Waals surface area contributed by atoms with Gasteiger partial charge in [-0.05, 0) is 26.8 Å². The number of hydrogen-bond donors (Lipinski definition) is 2. The summed E-state index contributed by atoms with van der Waals surface area (Å²) in [7, 11) is 1.79. The van der Waals surface area contributed by atoms with Gasteiger partial charge in [0.1, 0.15) is 0 Å². The van der Waals surface area contributed by atoms with E-state index in [0.29, 0.717) is 13.0 Å². The Morgan fingerprint density at radius 3 is 2.82 bits per heavy atom. The number of nitrogens with zero attached hydrogens (tertiary/aromatic N) is 1. The third-order valence-electron chi connectivity index (χ3n) is 3.27. The van der Waals surface area contributed by atoms with Crippen LogP contribution >= 0.6 is 0 Å². The number of nitrogens with one attached hydrogen (secondary N) is 2. The summed E-state index contributed by atoms with van der Waals surface area (Å²) < 4.78 is 0. The fourth-order valence-electron chi connectivity index (χ4n) is 1.91. The maximum atomic E-state index is 11.8. The molecular formula is C12H23N3O2. The van der Waals surface area contributed by atoms with E-state index >= 15 is 0 Å². The van der Waals surface area contributed by atoms with E-state index in [1.807, 2.05) is 13.8 Å². The molecule has 1 fully saturated rings. The van der Waals surface area contributed by atoms with Gasteiger partial charge < -0.3 is 15.5 Å². The molecule has 1 heterocycles. The van der Waals surface area contributed by atoms with Crippen molar-refractivity contribution in [3.05, 3.63) is 0 Å². The molecule has 1 aliphatic heterocycles. The number of carbonyl (C=O) groups is 2. The number of rotatable bonds is 6. The molecule has 1 saturated heterocycles. The lowest BCUT2D eigenvalue weighted by Crippen LogP contribution is -2.39. The first-order valence-electron chi connectivity index (χ1n) is 6.33. The molecule has 0 aromatic rings. The van der Waals surface area contributed by atoms with Crippen molar-refractivity contribution in [1.29, 1.82) is 0 Å². The monoisotopic (exact) mass is 241 g/mol. The van der Waals surface area contributed by atoms with Gasteiger partial charge in [0.2, 0.25) is 11.8 Å². The molecule has 0 radical (unpaired) electrons. The Kier molecular flexibility index (Phi) is 5.41. The number of likely N-dealkylation sites (tertiary alicyclic amines) is 1. The average Bonchev–Trinajstić information content (AvgIpc) is 2.67. The largest absolute Gasteiger partial charge is 0.354 e. The van der Waals surface area contributed by atoms with Gasteiger partial charge in [-0.3, -0.25) is 9.59 Å². The minimum Gasteiger partial charge on any atom is -0.354 e. The fraction of sp³-hybridized carbons (Fsp3) is 0.833. The van der Waals surface area contributed by atoms with Crippen LogP contribution in [0, 0.1) is 0 Å². The van der Waals surface area contributed by atoms with Gasteiger partial charge in [0.05, 0.1) is 6.04 Å². The van der Waals surface area contributed by atoms with Gasteiger partial charge in [0.25, 0.3) is 0 Å². The van der Waals surface area contributed by atoms with Crippen molar-refractivity contribution in [3.8, 4) is 0 Å². The first-order valence-corrected chi connectivity index (χ1v) is 6.33. The van der Waals surface area contributed by atoms with Crippen molar-refractivity contribution in [2.75, 3.05) is 20.1 Å². The van der Waals surface area contributed by atoms with Gasteiger partial charge in [-0.2, -0.15) is 0 Å². The van der Waals surface area contributed by atoms with Crippen molar-refractivity contribution in [2.24, 2.45) is 0 Å². The van der Waals surface area contributed by atoms with Crippen molar-refractivity contribution < 1.29 is 9.59 Å². The normalized spacial score (nSPS) is 21.7. The quantitative estimate of drug-likeness (QED) is 0.694. The zero-order valence-electron chi connectivity index (χ0n) is 11.0. The summed E-state index contributed by atoms with van der Waals surface area (Å²) >= 11 is 0. The number of hydrogen-bond acceptors (Lipinski definition) is 3. The van der Waals surface area contributed by atoms with Gasteiger partial charge in [0.15, 0.2) is 0 Å². The lowest BCUT2D eigenvalue weighted by molar-refractivity contribution is -0.130. The van der Waals surface area contributed by atoms with Gasteiger partial charge in [0, 0.05) is 25.6 Å². The van der Waals surface area contributed by atoms with Crippen LogP contribution in [0.4, 0.5) is 0 Å². The molecule has 0 bridgehead atoms. The third-order valence-corrected chi connectivity index (χ3v) is 3.27. The smallest absolute Gasteiger partial charge is 0.239 e. The molecule has 17 heavy (non-hydrogen) atoms. The molecule has 0 saturated carbocycles. The second kappa shape index (κ2) is 6.59. The van der Waals surface area contributed by atoms with Gasteiger partial charge in [-0.1, -0.05) is 6.92 Å². The molecule has 0 aromatic heterocycles. The molecule has 1 aliphatic rings. The Morgan fingerprint density at radius 1 is 1.59 bits per heavy atom. The van der Waals surface area contributed by atoms with Gasteiger partial charge >= 0.3 is 0 Å². The molecule has 2 atom stereocenters. The van der Waals surface area contributed by atoms with Crippen LogP contribution in [-0.2, 0) is 9.59 Å². The zero-order chi connectivity index (χ0) is 12.8. The molecule has 5 heteroatoms. The van der Waals surface area contributed by atoms with Crippen LogP contribution < -0.4 is 10.6 Å². The molecule has 0 aromatic carbocycles. The van der Waals surface area contributed by atoms with E-state index in [4.69, 9.17) is 0 Å². The van der Waals surface area contributed by atoms with E-state index in [-0.39, 0.29) is 23.9 Å². The van der Waals surface area contributed by atoms with Crippen LogP contribution in [0.3, 0.4) is 0 Å². The molecule has 5 nitrogen and oxygen atoms in total. The van der Waals surface area contributed by atoms with Crippen molar-refractivity contribution in [2.45, 2.75) is 45.2 Å². The van der Waals surface area contributed by atoms with Crippen molar-refractivity contribution in [1.82, 2.24) is 15.5 Å². The Balaban J connectivity index is 2.27. The highest BCUT2D eigenvalue weighted by Gasteiger charge is 2.30. The molecule has 2 amide bonds. The highest BCUT2D eigenvalue weighted by Crippen LogP contribution is 2.10. The molecular weight excluding hydrogens is 218 g/mol. The molecule has 0 spiro atoms. The summed E-state index contributed by atoms with van der Waals surface area (Å²) in [6.07, 6.45) is 2.16. The minimum atomic E-state index is -0.0624. The summed E-state index contributed by atoms with van der Waals surface area (Å²) in [5.74, 6) is 0.142. The summed E-state index contributed by atoms with van der Waals surface area (Å²) in [6, 6.07) is 0.148. The molecule has 2 N–H and O–H groups in total. The predicted molar refractivity (Wildman–Crippen MR) is 66.6 cm³/mol. The fourth-order valence-corrected chi connectivity index (χ4v) is 1.91. The first-order chi connectivity index (χ1) is 8.08. The van der Waals surface area contributed by atoms with E-state index in [1.54, 1.807) is 11.9 Å². The summed E-state index contributed by atoms with van der Waals surface area (Å²) in [6.45, 7) is 5.29. The van der Waals surface area contributed by atoms with Crippen molar-refractivity contribution >= 4 is 11.8 Å². The zero-order valence-corrected chi connectivity index (χ0v) is 11.0. The average molecular weight is 241 g/mol. The van der Waals surface area contributed by atoms with E-state index < -0.39 is 0 Å². The highest BCUT2D eigenvalue weighted by molar-refractivity contribution is 5.84. The van der Waals surface area contributed by atoms with E-state index in [1.165, 1.54) is 0 Å². The Morgan fingerprint density at radius 2 is 2.29 bits per heavy atom. The Bertz CT molecular complexity index is 281. The van der Waals surface area contributed by atoms with Crippen LogP contribution in [0.1, 0.15) is 33.1 Å². The predicted octanol–water partition coefficient (Wildman–Crippen LogP) is 0.112. The Labute approximate surface area is 103 Å². The summed E-state index contributed by atoms with van der Waals surface area (Å²) in [5.41, 5.74) is 0. The van der Waals surface area contributed by atoms with E-state index in [0.717, 1.165) is 19.4 Å². The molecule has 0 aliphatic carbocycles. The summed E-state index contributed by atoms with van der Waals surface area (Å²) in [4.78, 5) is 25.1. The van der Waals surface area contributed by atoms with Crippen LogP contribution in [-0.4, -0.2) is 48.9 Å². The lowest BCUT2D eigenvalue weighted by atomic mass is 10.2. The SMILES string of the molecule is CCC(C)NC(=O)CCN1CCC(NC)C1=O. The minimum absolute atomic E-state index is 0.0278. The highest BCUT2D eigenvalue weighted by atomic mass is 16.2. The van der Waals surface area contributed by atoms with Crippen molar-refractivity contribution in [3.63, 3.8) is 0 Å². The van der Waals surface area contributed by atoms with Crippen LogP contribution in [0.25, 0.3) is 0 Å². The van der Waals surface area contributed by atoms with E-state index in [2.05, 4.69) is 10.6 Å². The topological polar surface area (TPSA) is 61.4 Å². The van der Waals surface area contributed by atoms with Gasteiger partial charge in [-0.25, -0.2) is 0 Å². The number of likely N-dealkylation sites (N-methyl/N-ethyl adjacent to an activating group) is 1. The Hall–Kier alpha value is -1.10. The maximum absolute atomic E-state index is 11.8. The molecule has 98 valence electrons. The van der Waals surface area contributed by atoms with Crippen LogP contribution in [0.5, 0.6) is 0 Å². The van der Waals surface area contributed by atoms with E-state index in [9.17, 15) is 9.59 Å². The van der Waals surface area contributed by atoms with Crippen LogP contribution in [0.2, 0.25) is 0 Å². The van der Waals surface area contributed by atoms with Crippen LogP contribution in [0.15, 0.2) is 0 Å². The number of carbonyl (C=O) groups excluding carboxylic acids is 2. The second-order valence-electron chi connectivity index (χ2n) is 4.58. The first kappa shape index (κ1) is 14.0. The van der Waals surface area contributed by atoms with Gasteiger partial charge in [-0.15, -0.1) is 0 Å². The maximum Gasteiger partial charge on any atom is 0.239 e. The standard InChI is InChI=1S/C12H23N3O2/c1-4-9(2)14-11(16)6-8-15-7-5-10(13-3)12(15)17/h9-10,13H,4-8H2,1-3H3,(H,14,16). The summed E-state index contributed by atoms with van der Waals surface area (Å²) in [5, 5.41) is 5.88. The molecule has 2 unspecified atom stereocenters. The number of amides is 2. The second-order valence-corrected chi connectivity index (χ2v) is 4.58.